The largest absolute Gasteiger partial charge is 0.396 e. The van der Waals surface area contributed by atoms with E-state index in [4.69, 9.17) is 9.84 Å². The van der Waals surface area contributed by atoms with Crippen molar-refractivity contribution in [3.8, 4) is 0 Å². The molecule has 1 atom stereocenters. The average Bonchev–Trinajstić information content (AvgIpc) is 2.05. The zero-order valence-electron chi connectivity index (χ0n) is 7.75. The van der Waals surface area contributed by atoms with Gasteiger partial charge in [-0.3, -0.25) is 0 Å². The molecule has 0 aromatic carbocycles. The van der Waals surface area contributed by atoms with Crippen molar-refractivity contribution < 1.29 is 9.84 Å². The van der Waals surface area contributed by atoms with E-state index in [0.717, 1.165) is 32.3 Å². The van der Waals surface area contributed by atoms with Crippen molar-refractivity contribution in [2.75, 3.05) is 13.2 Å². The number of rotatable bonds is 4. The van der Waals surface area contributed by atoms with Crippen LogP contribution in [-0.4, -0.2) is 24.4 Å². The fraction of sp³-hybridized carbons (Fsp3) is 0.800. The molecule has 1 N–H and O–H groups in total. The summed E-state index contributed by atoms with van der Waals surface area (Å²) in [5, 5.41) is 8.60. The molecule has 0 saturated heterocycles. The lowest BCUT2D eigenvalue weighted by Gasteiger charge is -2.21. The molecule has 1 unspecified atom stereocenters. The van der Waals surface area contributed by atoms with Crippen molar-refractivity contribution in [3.63, 3.8) is 0 Å². The van der Waals surface area contributed by atoms with Gasteiger partial charge in [0.25, 0.3) is 0 Å². The summed E-state index contributed by atoms with van der Waals surface area (Å²) in [5.74, 6) is 0. The van der Waals surface area contributed by atoms with Crippen LogP contribution >= 0.6 is 0 Å². The number of unbranched alkanes of at least 4 members (excludes halogenated alkanes) is 1. The lowest BCUT2D eigenvalue weighted by atomic mass is 10.0. The van der Waals surface area contributed by atoms with Gasteiger partial charge in [0.15, 0.2) is 0 Å². The van der Waals surface area contributed by atoms with Crippen molar-refractivity contribution in [1.29, 1.82) is 0 Å². The van der Waals surface area contributed by atoms with Crippen LogP contribution in [0, 0.1) is 0 Å². The average molecular weight is 170 g/mol. The van der Waals surface area contributed by atoms with Gasteiger partial charge in [-0.15, -0.1) is 0 Å². The summed E-state index contributed by atoms with van der Waals surface area (Å²) in [6.45, 7) is 3.23. The van der Waals surface area contributed by atoms with Gasteiger partial charge < -0.3 is 9.84 Å². The first-order valence-electron chi connectivity index (χ1n) is 4.71. The number of hydrogen-bond acceptors (Lipinski definition) is 2. The van der Waals surface area contributed by atoms with Gasteiger partial charge in [0, 0.05) is 6.61 Å². The van der Waals surface area contributed by atoms with E-state index in [1.807, 2.05) is 0 Å². The highest BCUT2D eigenvalue weighted by molar-refractivity contribution is 5.02. The van der Waals surface area contributed by atoms with Crippen LogP contribution < -0.4 is 0 Å². The van der Waals surface area contributed by atoms with Gasteiger partial charge in [-0.05, 0) is 32.6 Å². The number of aliphatic hydroxyl groups excluding tert-OH is 1. The zero-order valence-corrected chi connectivity index (χ0v) is 7.75. The molecule has 0 fully saturated rings. The molecule has 1 aliphatic heterocycles. The first-order chi connectivity index (χ1) is 5.83. The van der Waals surface area contributed by atoms with Crippen LogP contribution in [0.3, 0.4) is 0 Å². The highest BCUT2D eigenvalue weighted by Gasteiger charge is 2.12. The van der Waals surface area contributed by atoms with Gasteiger partial charge in [0.05, 0.1) is 12.7 Å². The molecule has 0 saturated carbocycles. The second-order valence-electron chi connectivity index (χ2n) is 3.43. The first-order valence-corrected chi connectivity index (χ1v) is 4.71. The van der Waals surface area contributed by atoms with E-state index >= 15 is 0 Å². The zero-order chi connectivity index (χ0) is 8.81. The topological polar surface area (TPSA) is 29.5 Å². The van der Waals surface area contributed by atoms with Crippen LogP contribution in [0.1, 0.15) is 32.6 Å². The van der Waals surface area contributed by atoms with Crippen LogP contribution in [0.15, 0.2) is 11.6 Å². The van der Waals surface area contributed by atoms with Crippen LogP contribution in [0.5, 0.6) is 0 Å². The quantitative estimate of drug-likeness (QED) is 0.515. The summed E-state index contributed by atoms with van der Waals surface area (Å²) >= 11 is 0. The third-order valence-electron chi connectivity index (χ3n) is 2.25. The summed E-state index contributed by atoms with van der Waals surface area (Å²) in [4.78, 5) is 0. The van der Waals surface area contributed by atoms with E-state index in [1.165, 1.54) is 5.57 Å². The minimum atomic E-state index is 0.307. The fourth-order valence-electron chi connectivity index (χ4n) is 1.50. The molecule has 0 radical (unpaired) electrons. The maximum Gasteiger partial charge on any atom is 0.0653 e. The molecule has 2 heteroatoms. The molecule has 1 heterocycles. The second kappa shape index (κ2) is 5.33. The minimum Gasteiger partial charge on any atom is -0.396 e. The summed E-state index contributed by atoms with van der Waals surface area (Å²) in [7, 11) is 0. The standard InChI is InChI=1S/C10H18O2/c1-9-5-7-12-10(8-9)4-2-3-6-11/h5,10-11H,2-4,6-8H2,1H3. The Morgan fingerprint density at radius 1 is 1.58 bits per heavy atom. The number of hydrogen-bond donors (Lipinski definition) is 1. The molecule has 0 aromatic rings. The maximum atomic E-state index is 8.60. The van der Waals surface area contributed by atoms with E-state index in [-0.39, 0.29) is 0 Å². The van der Waals surface area contributed by atoms with E-state index in [1.54, 1.807) is 0 Å². The Kier molecular flexibility index (Phi) is 4.33. The second-order valence-corrected chi connectivity index (χ2v) is 3.43. The summed E-state index contributed by atoms with van der Waals surface area (Å²) in [5.41, 5.74) is 1.44. The highest BCUT2D eigenvalue weighted by Crippen LogP contribution is 2.18. The minimum absolute atomic E-state index is 0.307. The smallest absolute Gasteiger partial charge is 0.0653 e. The fourth-order valence-corrected chi connectivity index (χ4v) is 1.50. The Morgan fingerprint density at radius 3 is 3.08 bits per heavy atom. The summed E-state index contributed by atoms with van der Waals surface area (Å²) in [6, 6.07) is 0. The molecule has 1 rings (SSSR count). The van der Waals surface area contributed by atoms with Crippen LogP contribution in [0.4, 0.5) is 0 Å². The predicted octanol–water partition coefficient (Wildman–Crippen LogP) is 1.88. The Labute approximate surface area is 74.2 Å². The lowest BCUT2D eigenvalue weighted by molar-refractivity contribution is 0.0555. The molecule has 0 aliphatic carbocycles. The maximum absolute atomic E-state index is 8.60. The molecular formula is C10H18O2. The molecule has 0 bridgehead atoms. The van der Waals surface area contributed by atoms with Crippen molar-refractivity contribution in [2.45, 2.75) is 38.7 Å². The monoisotopic (exact) mass is 170 g/mol. The summed E-state index contributed by atoms with van der Waals surface area (Å²) in [6.07, 6.45) is 6.69. The van der Waals surface area contributed by atoms with Gasteiger partial charge >= 0.3 is 0 Å². The molecular weight excluding hydrogens is 152 g/mol. The SMILES string of the molecule is CC1=CCOC(CCCCO)C1. The molecule has 2 nitrogen and oxygen atoms in total. The van der Waals surface area contributed by atoms with Crippen molar-refractivity contribution in [3.05, 3.63) is 11.6 Å². The van der Waals surface area contributed by atoms with E-state index < -0.39 is 0 Å². The van der Waals surface area contributed by atoms with E-state index in [0.29, 0.717) is 12.7 Å². The Balaban J connectivity index is 2.13. The third kappa shape index (κ3) is 3.37. The van der Waals surface area contributed by atoms with Gasteiger partial charge in [0.2, 0.25) is 0 Å². The van der Waals surface area contributed by atoms with Crippen LogP contribution in [0.25, 0.3) is 0 Å². The van der Waals surface area contributed by atoms with Gasteiger partial charge in [-0.1, -0.05) is 11.6 Å². The van der Waals surface area contributed by atoms with Crippen LogP contribution in [-0.2, 0) is 4.74 Å². The predicted molar refractivity (Wildman–Crippen MR) is 49.1 cm³/mol. The molecule has 0 spiro atoms. The van der Waals surface area contributed by atoms with E-state index in [2.05, 4.69) is 13.0 Å². The molecule has 70 valence electrons. The molecule has 0 aromatic heterocycles. The number of aliphatic hydroxyl groups is 1. The normalized spacial score (nSPS) is 23.8. The van der Waals surface area contributed by atoms with Gasteiger partial charge in [0.1, 0.15) is 0 Å². The summed E-state index contributed by atoms with van der Waals surface area (Å²) < 4.78 is 5.54. The first kappa shape index (κ1) is 9.75. The molecule has 0 amide bonds. The van der Waals surface area contributed by atoms with Crippen molar-refractivity contribution in [2.24, 2.45) is 0 Å². The highest BCUT2D eigenvalue weighted by atomic mass is 16.5. The molecule has 1 aliphatic rings. The Hall–Kier alpha value is -0.340. The number of ether oxygens (including phenoxy) is 1. The van der Waals surface area contributed by atoms with Gasteiger partial charge in [-0.25, -0.2) is 0 Å². The van der Waals surface area contributed by atoms with Gasteiger partial charge in [-0.2, -0.15) is 0 Å². The molecule has 12 heavy (non-hydrogen) atoms. The Morgan fingerprint density at radius 2 is 2.42 bits per heavy atom. The van der Waals surface area contributed by atoms with Crippen molar-refractivity contribution in [1.82, 2.24) is 0 Å². The van der Waals surface area contributed by atoms with E-state index in [9.17, 15) is 0 Å². The third-order valence-corrected chi connectivity index (χ3v) is 2.25. The lowest BCUT2D eigenvalue weighted by Crippen LogP contribution is -2.17. The van der Waals surface area contributed by atoms with Crippen molar-refractivity contribution >= 4 is 0 Å². The van der Waals surface area contributed by atoms with Crippen LogP contribution in [0.2, 0.25) is 0 Å². The Bertz CT molecular complexity index is 152.